The summed E-state index contributed by atoms with van der Waals surface area (Å²) < 4.78 is 5.54. The van der Waals surface area contributed by atoms with Gasteiger partial charge in [0.1, 0.15) is 11.6 Å². The zero-order valence-corrected chi connectivity index (χ0v) is 18.1. The number of ether oxygens (including phenoxy) is 1. The van der Waals surface area contributed by atoms with E-state index in [-0.39, 0.29) is 0 Å². The summed E-state index contributed by atoms with van der Waals surface area (Å²) in [5.41, 5.74) is 5.29. The molecular formula is C22H19Cl2N5O. The van der Waals surface area contributed by atoms with Crippen molar-refractivity contribution in [1.82, 2.24) is 19.9 Å². The highest BCUT2D eigenvalue weighted by atomic mass is 35.5. The molecule has 2 heterocycles. The molecule has 6 nitrogen and oxygen atoms in total. The highest BCUT2D eigenvalue weighted by Crippen LogP contribution is 2.32. The van der Waals surface area contributed by atoms with E-state index in [0.717, 1.165) is 39.6 Å². The smallest absolute Gasteiger partial charge is 0.227 e. The molecule has 2 N–H and O–H groups in total. The van der Waals surface area contributed by atoms with Crippen LogP contribution in [0.2, 0.25) is 10.0 Å². The summed E-state index contributed by atoms with van der Waals surface area (Å²) >= 11 is 12.1. The first-order chi connectivity index (χ1) is 14.4. The van der Waals surface area contributed by atoms with E-state index < -0.39 is 0 Å². The molecule has 0 atom stereocenters. The minimum Gasteiger partial charge on any atom is -0.496 e. The number of aromatic amines is 1. The topological polar surface area (TPSA) is 75.7 Å². The number of aryl methyl sites for hydroxylation is 2. The van der Waals surface area contributed by atoms with Crippen LogP contribution in [-0.2, 0) is 0 Å². The lowest BCUT2D eigenvalue weighted by Crippen LogP contribution is -2.00. The Morgan fingerprint density at radius 2 is 1.77 bits per heavy atom. The van der Waals surface area contributed by atoms with E-state index in [1.165, 1.54) is 0 Å². The van der Waals surface area contributed by atoms with Crippen LogP contribution >= 0.6 is 23.2 Å². The van der Waals surface area contributed by atoms with Gasteiger partial charge >= 0.3 is 0 Å². The van der Waals surface area contributed by atoms with Crippen molar-refractivity contribution in [1.29, 1.82) is 0 Å². The molecule has 0 amide bonds. The summed E-state index contributed by atoms with van der Waals surface area (Å²) in [6, 6.07) is 11.2. The number of benzene rings is 2. The van der Waals surface area contributed by atoms with Gasteiger partial charge in [-0.1, -0.05) is 29.3 Å². The average Bonchev–Trinajstić information content (AvgIpc) is 3.16. The predicted molar refractivity (Wildman–Crippen MR) is 121 cm³/mol. The fraction of sp³-hybridized carbons (Fsp3) is 0.136. The van der Waals surface area contributed by atoms with E-state index in [1.807, 2.05) is 44.2 Å². The third kappa shape index (κ3) is 4.10. The molecule has 0 saturated heterocycles. The molecule has 0 aliphatic rings. The molecule has 0 unspecified atom stereocenters. The number of hydrogen-bond acceptors (Lipinski definition) is 5. The van der Waals surface area contributed by atoms with Crippen LogP contribution in [0.1, 0.15) is 11.4 Å². The monoisotopic (exact) mass is 439 g/mol. The van der Waals surface area contributed by atoms with Gasteiger partial charge < -0.3 is 15.0 Å². The lowest BCUT2D eigenvalue weighted by Gasteiger charge is -2.12. The van der Waals surface area contributed by atoms with Crippen molar-refractivity contribution in [3.63, 3.8) is 0 Å². The van der Waals surface area contributed by atoms with E-state index in [0.29, 0.717) is 21.7 Å². The van der Waals surface area contributed by atoms with Crippen LogP contribution in [-0.4, -0.2) is 27.0 Å². The minimum absolute atomic E-state index is 0.486. The van der Waals surface area contributed by atoms with Crippen LogP contribution in [0, 0.1) is 13.8 Å². The maximum atomic E-state index is 6.14. The third-order valence-electron chi connectivity index (χ3n) is 4.63. The van der Waals surface area contributed by atoms with E-state index in [9.17, 15) is 0 Å². The lowest BCUT2D eigenvalue weighted by molar-refractivity contribution is 0.416. The molecule has 30 heavy (non-hydrogen) atoms. The van der Waals surface area contributed by atoms with Crippen LogP contribution < -0.4 is 10.1 Å². The molecule has 0 spiro atoms. The average molecular weight is 440 g/mol. The van der Waals surface area contributed by atoms with Crippen molar-refractivity contribution in [2.45, 2.75) is 13.8 Å². The molecule has 0 aliphatic heterocycles. The highest BCUT2D eigenvalue weighted by molar-refractivity contribution is 6.42. The summed E-state index contributed by atoms with van der Waals surface area (Å²) in [6.07, 6.45) is 3.55. The maximum absolute atomic E-state index is 6.14. The van der Waals surface area contributed by atoms with Crippen LogP contribution in [0.25, 0.3) is 22.5 Å². The molecule has 0 aliphatic carbocycles. The van der Waals surface area contributed by atoms with Crippen molar-refractivity contribution in [2.75, 3.05) is 12.4 Å². The number of nitrogens with one attached hydrogen (secondary N) is 2. The predicted octanol–water partition coefficient (Wildman–Crippen LogP) is 6.21. The number of methoxy groups -OCH3 is 1. The molecule has 0 fully saturated rings. The Morgan fingerprint density at radius 3 is 2.43 bits per heavy atom. The Labute approximate surface area is 184 Å². The normalized spacial score (nSPS) is 10.8. The van der Waals surface area contributed by atoms with Crippen LogP contribution in [0.4, 0.5) is 11.6 Å². The number of anilines is 2. The fourth-order valence-electron chi connectivity index (χ4n) is 3.12. The van der Waals surface area contributed by atoms with Gasteiger partial charge in [-0.3, -0.25) is 0 Å². The fourth-order valence-corrected chi connectivity index (χ4v) is 3.42. The lowest BCUT2D eigenvalue weighted by atomic mass is 10.1. The first kappa shape index (κ1) is 20.2. The number of aromatic nitrogens is 4. The second kappa shape index (κ2) is 8.34. The van der Waals surface area contributed by atoms with Crippen LogP contribution in [0.15, 0.2) is 48.8 Å². The summed E-state index contributed by atoms with van der Waals surface area (Å²) in [5, 5.41) is 4.23. The van der Waals surface area contributed by atoms with Gasteiger partial charge in [-0.2, -0.15) is 0 Å². The molecule has 8 heteroatoms. The molecule has 152 valence electrons. The van der Waals surface area contributed by atoms with Gasteiger partial charge in [0.05, 0.1) is 28.4 Å². The molecule has 2 aromatic carbocycles. The molecule has 0 bridgehead atoms. The van der Waals surface area contributed by atoms with Gasteiger partial charge in [-0.05, 0) is 43.7 Å². The molecule has 0 saturated carbocycles. The van der Waals surface area contributed by atoms with Crippen molar-refractivity contribution < 1.29 is 4.74 Å². The van der Waals surface area contributed by atoms with Crippen LogP contribution in [0.5, 0.6) is 5.75 Å². The van der Waals surface area contributed by atoms with Crippen molar-refractivity contribution in [3.8, 4) is 28.3 Å². The van der Waals surface area contributed by atoms with Gasteiger partial charge in [0.2, 0.25) is 5.95 Å². The number of halogens is 2. The third-order valence-corrected chi connectivity index (χ3v) is 5.36. The van der Waals surface area contributed by atoms with Crippen molar-refractivity contribution in [2.24, 2.45) is 0 Å². The zero-order valence-electron chi connectivity index (χ0n) is 16.6. The van der Waals surface area contributed by atoms with Crippen molar-refractivity contribution >= 4 is 34.8 Å². The van der Waals surface area contributed by atoms with E-state index in [4.69, 9.17) is 27.9 Å². The van der Waals surface area contributed by atoms with E-state index in [2.05, 4.69) is 25.3 Å². The first-order valence-electron chi connectivity index (χ1n) is 9.20. The summed E-state index contributed by atoms with van der Waals surface area (Å²) in [7, 11) is 1.63. The molecule has 0 radical (unpaired) electrons. The Morgan fingerprint density at radius 1 is 0.933 bits per heavy atom. The summed E-state index contributed by atoms with van der Waals surface area (Å²) in [5.74, 6) is 1.94. The quantitative estimate of drug-likeness (QED) is 0.386. The number of imidazole rings is 1. The molecule has 2 aromatic heterocycles. The SMILES string of the molecule is COc1cc(Nc2ncc(-c3ccc(Cl)c(Cl)c3)c(C)n2)ccc1-c1ncc(C)[nH]1. The maximum Gasteiger partial charge on any atom is 0.227 e. The summed E-state index contributed by atoms with van der Waals surface area (Å²) in [6.45, 7) is 3.88. The van der Waals surface area contributed by atoms with Gasteiger partial charge in [-0.25, -0.2) is 15.0 Å². The van der Waals surface area contributed by atoms with Gasteiger partial charge in [0, 0.05) is 35.4 Å². The molecule has 4 rings (SSSR count). The number of rotatable bonds is 5. The highest BCUT2D eigenvalue weighted by Gasteiger charge is 2.12. The Balaban J connectivity index is 1.60. The Kier molecular flexibility index (Phi) is 5.61. The van der Waals surface area contributed by atoms with Crippen molar-refractivity contribution in [3.05, 3.63) is 70.2 Å². The van der Waals surface area contributed by atoms with E-state index in [1.54, 1.807) is 25.6 Å². The van der Waals surface area contributed by atoms with E-state index >= 15 is 0 Å². The molecular weight excluding hydrogens is 421 g/mol. The number of hydrogen-bond donors (Lipinski definition) is 2. The Hall–Kier alpha value is -3.09. The zero-order chi connectivity index (χ0) is 21.3. The summed E-state index contributed by atoms with van der Waals surface area (Å²) in [4.78, 5) is 16.6. The number of H-pyrrole nitrogens is 1. The number of nitrogens with zero attached hydrogens (tertiary/aromatic N) is 3. The second-order valence-electron chi connectivity index (χ2n) is 6.78. The standard InChI is InChI=1S/C22H19Cl2N5O/c1-12-10-25-21(27-12)16-6-5-15(9-20(16)30-3)29-22-26-11-17(13(2)28-22)14-4-7-18(23)19(24)8-14/h4-11H,1-3H3,(H,25,27)(H,26,28,29). The second-order valence-corrected chi connectivity index (χ2v) is 7.59. The molecule has 4 aromatic rings. The Bertz CT molecular complexity index is 1220. The van der Waals surface area contributed by atoms with Gasteiger partial charge in [0.25, 0.3) is 0 Å². The largest absolute Gasteiger partial charge is 0.496 e. The first-order valence-corrected chi connectivity index (χ1v) is 9.96. The minimum atomic E-state index is 0.486. The van der Waals surface area contributed by atoms with Gasteiger partial charge in [-0.15, -0.1) is 0 Å². The van der Waals surface area contributed by atoms with Crippen LogP contribution in [0.3, 0.4) is 0 Å². The van der Waals surface area contributed by atoms with Gasteiger partial charge in [0.15, 0.2) is 0 Å².